The van der Waals surface area contributed by atoms with Crippen LogP contribution >= 0.6 is 0 Å². The number of rotatable bonds is 10. The number of urea groups is 1. The van der Waals surface area contributed by atoms with E-state index in [1.54, 1.807) is 4.90 Å². The number of benzene rings is 1. The molecule has 0 spiro atoms. The largest absolute Gasteiger partial charge is 0.363 e. The average Bonchev–Trinajstić information content (AvgIpc) is 3.77. The SMILES string of the molecule is CC(c1ccccc1)C(C)(C)NC(=O)N[C@H](C(=O)N1C[C@H]2[C@@H]([C@H]1C(=O)NC(C(=O)C(N)=O)C1CC1)C2(C)C)C(C)(C)C. The van der Waals surface area contributed by atoms with Crippen molar-refractivity contribution in [3.8, 4) is 0 Å². The first kappa shape index (κ1) is 31.5. The Balaban J connectivity index is 1.52. The van der Waals surface area contributed by atoms with E-state index in [1.165, 1.54) is 0 Å². The Morgan fingerprint density at radius 1 is 0.976 bits per heavy atom. The van der Waals surface area contributed by atoms with Gasteiger partial charge in [0.05, 0.1) is 0 Å². The Kier molecular flexibility index (Phi) is 8.25. The topological polar surface area (TPSA) is 151 Å². The van der Waals surface area contributed by atoms with Crippen LogP contribution in [0, 0.1) is 28.6 Å². The summed E-state index contributed by atoms with van der Waals surface area (Å²) in [5.74, 6) is -2.81. The van der Waals surface area contributed by atoms with Crippen LogP contribution in [0.2, 0.25) is 0 Å². The smallest absolute Gasteiger partial charge is 0.315 e. The molecule has 10 heteroatoms. The summed E-state index contributed by atoms with van der Waals surface area (Å²) in [7, 11) is 0. The molecule has 1 aromatic rings. The second-order valence-electron chi connectivity index (χ2n) is 14.7. The molecule has 230 valence electrons. The number of Topliss-reactive ketones (excluding diaryl/α,β-unsaturated/α-hetero) is 1. The number of hydrogen-bond acceptors (Lipinski definition) is 5. The molecule has 1 aliphatic heterocycles. The zero-order valence-electron chi connectivity index (χ0n) is 26.1. The lowest BCUT2D eigenvalue weighted by molar-refractivity contribution is -0.145. The number of amides is 5. The molecule has 1 heterocycles. The van der Waals surface area contributed by atoms with Gasteiger partial charge in [-0.15, -0.1) is 0 Å². The molecule has 2 aliphatic carbocycles. The predicted molar refractivity (Wildman–Crippen MR) is 159 cm³/mol. The second kappa shape index (κ2) is 11.0. The highest BCUT2D eigenvalue weighted by Crippen LogP contribution is 2.65. The average molecular weight is 582 g/mol. The molecule has 3 aliphatic rings. The van der Waals surface area contributed by atoms with Gasteiger partial charge in [0.1, 0.15) is 18.1 Å². The zero-order chi connectivity index (χ0) is 31.4. The molecule has 2 saturated carbocycles. The Bertz CT molecular complexity index is 1250. The number of likely N-dealkylation sites (tertiary alicyclic amines) is 1. The minimum Gasteiger partial charge on any atom is -0.363 e. The van der Waals surface area contributed by atoms with Crippen molar-refractivity contribution in [2.45, 2.75) is 97.8 Å². The third-order valence-corrected chi connectivity index (χ3v) is 9.88. The fourth-order valence-electron chi connectivity index (χ4n) is 6.57. The van der Waals surface area contributed by atoms with E-state index >= 15 is 0 Å². The molecule has 10 nitrogen and oxygen atoms in total. The fourth-order valence-corrected chi connectivity index (χ4v) is 6.57. The zero-order valence-corrected chi connectivity index (χ0v) is 26.1. The fraction of sp³-hybridized carbons (Fsp3) is 0.656. The molecule has 42 heavy (non-hydrogen) atoms. The number of hydrogen-bond donors (Lipinski definition) is 4. The molecule has 0 aromatic heterocycles. The minimum absolute atomic E-state index is 0.00299. The minimum atomic E-state index is -1.08. The second-order valence-corrected chi connectivity index (χ2v) is 14.7. The summed E-state index contributed by atoms with van der Waals surface area (Å²) in [4.78, 5) is 67.0. The van der Waals surface area contributed by atoms with Gasteiger partial charge < -0.3 is 26.6 Å². The normalized spacial score (nSPS) is 25.0. The Hall–Kier alpha value is -3.43. The summed E-state index contributed by atoms with van der Waals surface area (Å²) in [6.07, 6.45) is 1.44. The summed E-state index contributed by atoms with van der Waals surface area (Å²) in [5.41, 5.74) is 4.91. The summed E-state index contributed by atoms with van der Waals surface area (Å²) in [6.45, 7) is 16.1. The van der Waals surface area contributed by atoms with Crippen LogP contribution in [-0.4, -0.2) is 64.6 Å². The molecule has 5 amide bonds. The van der Waals surface area contributed by atoms with Gasteiger partial charge in [-0.2, -0.15) is 0 Å². The molecule has 4 rings (SSSR count). The molecule has 0 bridgehead atoms. The van der Waals surface area contributed by atoms with Crippen molar-refractivity contribution in [1.82, 2.24) is 20.9 Å². The maximum Gasteiger partial charge on any atom is 0.315 e. The summed E-state index contributed by atoms with van der Waals surface area (Å²) in [5, 5.41) is 8.75. The van der Waals surface area contributed by atoms with Gasteiger partial charge in [0.2, 0.25) is 17.6 Å². The van der Waals surface area contributed by atoms with E-state index in [2.05, 4.69) is 29.8 Å². The molecule has 0 radical (unpaired) electrons. The van der Waals surface area contributed by atoms with E-state index in [4.69, 9.17) is 5.73 Å². The summed E-state index contributed by atoms with van der Waals surface area (Å²) < 4.78 is 0. The van der Waals surface area contributed by atoms with Crippen LogP contribution in [0.4, 0.5) is 4.79 Å². The molecule has 3 fully saturated rings. The molecule has 5 N–H and O–H groups in total. The highest BCUT2D eigenvalue weighted by molar-refractivity contribution is 6.38. The maximum atomic E-state index is 14.2. The number of fused-ring (bicyclic) bond motifs is 1. The van der Waals surface area contributed by atoms with E-state index in [0.29, 0.717) is 6.54 Å². The predicted octanol–water partition coefficient (Wildman–Crippen LogP) is 2.71. The van der Waals surface area contributed by atoms with Crippen molar-refractivity contribution in [2.24, 2.45) is 34.3 Å². The Morgan fingerprint density at radius 3 is 2.10 bits per heavy atom. The molecule has 2 unspecified atom stereocenters. The molecular formula is C32H47N5O5. The lowest BCUT2D eigenvalue weighted by Gasteiger charge is -2.39. The molecule has 1 saturated heterocycles. The van der Waals surface area contributed by atoms with Crippen molar-refractivity contribution in [3.63, 3.8) is 0 Å². The number of carbonyl (C=O) groups excluding carboxylic acids is 5. The van der Waals surface area contributed by atoms with Gasteiger partial charge in [-0.1, -0.05) is 71.9 Å². The van der Waals surface area contributed by atoms with Crippen molar-refractivity contribution < 1.29 is 24.0 Å². The first-order chi connectivity index (χ1) is 19.4. The van der Waals surface area contributed by atoms with E-state index < -0.39 is 52.7 Å². The highest BCUT2D eigenvalue weighted by atomic mass is 16.2. The van der Waals surface area contributed by atoms with Crippen molar-refractivity contribution in [2.75, 3.05) is 6.54 Å². The van der Waals surface area contributed by atoms with E-state index in [0.717, 1.165) is 18.4 Å². The number of primary amides is 1. The van der Waals surface area contributed by atoms with Crippen LogP contribution in [0.15, 0.2) is 30.3 Å². The summed E-state index contributed by atoms with van der Waals surface area (Å²) >= 11 is 0. The number of nitrogens with zero attached hydrogens (tertiary/aromatic N) is 1. The van der Waals surface area contributed by atoms with Gasteiger partial charge >= 0.3 is 6.03 Å². The quantitative estimate of drug-likeness (QED) is 0.313. The standard InChI is InChI=1S/C32H47N5O5/c1-17(18-12-10-9-11-13-18)32(7,8)36-29(42)35-25(30(2,3)4)28(41)37-16-20-21(31(20,5)6)23(37)27(40)34-22(19-14-15-19)24(38)26(33)39/h9-13,17,19-23,25H,14-16H2,1-8H3,(H2,33,39)(H,34,40)(H2,35,36,42)/t17?,20-,21-,22?,23-,25+/m0/s1. The van der Waals surface area contributed by atoms with Gasteiger partial charge in [0.15, 0.2) is 0 Å². The van der Waals surface area contributed by atoms with Crippen LogP contribution in [0.1, 0.15) is 79.7 Å². The lowest BCUT2D eigenvalue weighted by atomic mass is 9.83. The van der Waals surface area contributed by atoms with Crippen LogP contribution in [0.3, 0.4) is 0 Å². The van der Waals surface area contributed by atoms with Crippen molar-refractivity contribution in [3.05, 3.63) is 35.9 Å². The number of carbonyl (C=O) groups is 5. The Labute approximate surface area is 248 Å². The highest BCUT2D eigenvalue weighted by Gasteiger charge is 2.70. The van der Waals surface area contributed by atoms with E-state index in [1.807, 2.05) is 71.9 Å². The monoisotopic (exact) mass is 581 g/mol. The maximum absolute atomic E-state index is 14.2. The molecular weight excluding hydrogens is 534 g/mol. The van der Waals surface area contributed by atoms with Gasteiger partial charge in [-0.3, -0.25) is 19.2 Å². The van der Waals surface area contributed by atoms with Gasteiger partial charge in [0, 0.05) is 18.0 Å². The van der Waals surface area contributed by atoms with E-state index in [-0.39, 0.29) is 35.0 Å². The van der Waals surface area contributed by atoms with Gasteiger partial charge in [-0.05, 0) is 60.8 Å². The lowest BCUT2D eigenvalue weighted by Crippen LogP contribution is -2.62. The number of nitrogens with one attached hydrogen (secondary N) is 3. The van der Waals surface area contributed by atoms with E-state index in [9.17, 15) is 24.0 Å². The first-order valence-corrected chi connectivity index (χ1v) is 15.0. The number of ketones is 1. The third kappa shape index (κ3) is 6.17. The van der Waals surface area contributed by atoms with Crippen molar-refractivity contribution in [1.29, 1.82) is 0 Å². The Morgan fingerprint density at radius 2 is 1.57 bits per heavy atom. The summed E-state index contributed by atoms with van der Waals surface area (Å²) in [6, 6.07) is 6.72. The number of nitrogens with two attached hydrogens (primary N) is 1. The number of piperidine rings is 1. The van der Waals surface area contributed by atoms with Crippen LogP contribution in [0.25, 0.3) is 0 Å². The van der Waals surface area contributed by atoms with Crippen LogP contribution in [0.5, 0.6) is 0 Å². The molecule has 1 aromatic carbocycles. The van der Waals surface area contributed by atoms with Gasteiger partial charge in [0.25, 0.3) is 5.91 Å². The molecule has 6 atom stereocenters. The first-order valence-electron chi connectivity index (χ1n) is 15.0. The van der Waals surface area contributed by atoms with Crippen molar-refractivity contribution >= 4 is 29.5 Å². The van der Waals surface area contributed by atoms with Crippen LogP contribution < -0.4 is 21.7 Å². The van der Waals surface area contributed by atoms with Gasteiger partial charge in [-0.25, -0.2) is 4.79 Å². The van der Waals surface area contributed by atoms with Crippen LogP contribution in [-0.2, 0) is 19.2 Å². The third-order valence-electron chi connectivity index (χ3n) is 9.88.